The maximum atomic E-state index is 11.5. The molecule has 0 aromatic heterocycles. The van der Waals surface area contributed by atoms with E-state index in [1.807, 2.05) is 0 Å². The molecule has 0 amide bonds. The third kappa shape index (κ3) is 3.76. The van der Waals surface area contributed by atoms with E-state index >= 15 is 0 Å². The molecule has 86 valence electrons. The van der Waals surface area contributed by atoms with E-state index in [9.17, 15) is 14.3 Å². The monoisotopic (exact) mass is 240 g/mol. The predicted octanol–water partition coefficient (Wildman–Crippen LogP) is 2.12. The highest BCUT2D eigenvalue weighted by atomic mass is 31.2. The van der Waals surface area contributed by atoms with Crippen LogP contribution in [0.5, 0.6) is 0 Å². The first-order chi connectivity index (χ1) is 7.59. The Bertz CT molecular complexity index is 435. The van der Waals surface area contributed by atoms with Crippen LogP contribution in [0, 0.1) is 0 Å². The van der Waals surface area contributed by atoms with Gasteiger partial charge in [0, 0.05) is 0 Å². The molecule has 1 N–H and O–H groups in total. The summed E-state index contributed by atoms with van der Waals surface area (Å²) in [5, 5.41) is 0. The number of carbonyl (C=O) groups excluding carboxylic acids is 1. The highest BCUT2D eigenvalue weighted by Gasteiger charge is 2.22. The summed E-state index contributed by atoms with van der Waals surface area (Å²) in [5.74, 6) is 1.69. The van der Waals surface area contributed by atoms with E-state index < -0.39 is 7.60 Å². The van der Waals surface area contributed by atoms with Gasteiger partial charge < -0.3 is 9.42 Å². The third-order valence-electron chi connectivity index (χ3n) is 1.93. The zero-order valence-electron chi connectivity index (χ0n) is 8.92. The largest absolute Gasteiger partial charge is 0.333 e. The van der Waals surface area contributed by atoms with Crippen LogP contribution in [0.3, 0.4) is 0 Å². The molecule has 0 aliphatic rings. The number of hydrogen-bond acceptors (Lipinski definition) is 3. The van der Waals surface area contributed by atoms with Crippen LogP contribution in [0.2, 0.25) is 0 Å². The van der Waals surface area contributed by atoms with E-state index in [-0.39, 0.29) is 18.3 Å². The van der Waals surface area contributed by atoms with Crippen molar-refractivity contribution < 1.29 is 18.8 Å². The highest BCUT2D eigenvalue weighted by Crippen LogP contribution is 2.44. The van der Waals surface area contributed by atoms with Gasteiger partial charge in [0.25, 0.3) is 0 Å². The summed E-state index contributed by atoms with van der Waals surface area (Å²) in [6, 6.07) is 8.66. The molecule has 1 aromatic carbocycles. The maximum Gasteiger partial charge on any atom is 0.333 e. The molecule has 1 unspecified atom stereocenters. The summed E-state index contributed by atoms with van der Waals surface area (Å²) in [6.45, 7) is 1.75. The summed E-state index contributed by atoms with van der Waals surface area (Å²) in [6.07, 6.45) is -0.311. The fourth-order valence-corrected chi connectivity index (χ4v) is 2.41. The number of hydrogen-bond donors (Lipinski definition) is 1. The fourth-order valence-electron chi connectivity index (χ4n) is 1.27. The minimum absolute atomic E-state index is 0.134. The van der Waals surface area contributed by atoms with Crippen LogP contribution >= 0.6 is 7.60 Å². The normalized spacial score (nSPS) is 13.9. The average Bonchev–Trinajstić information content (AvgIpc) is 2.27. The van der Waals surface area contributed by atoms with Crippen molar-refractivity contribution in [1.29, 1.82) is 0 Å². The van der Waals surface area contributed by atoms with E-state index in [1.54, 1.807) is 43.2 Å². The van der Waals surface area contributed by atoms with E-state index in [0.717, 1.165) is 0 Å². The second kappa shape index (κ2) is 5.78. The molecule has 0 aliphatic carbocycles. The van der Waals surface area contributed by atoms with E-state index in [2.05, 4.69) is 0 Å². The predicted molar refractivity (Wildman–Crippen MR) is 61.9 cm³/mol. The molecule has 5 heteroatoms. The standard InChI is InChI=1S/C11H13O4P/c1-2-15-16(13,14)9-11(8-12)10-6-4-3-5-7-10/h3-7H,2,9H2,1H3,(H,13,14). The number of benzene rings is 1. The van der Waals surface area contributed by atoms with Crippen molar-refractivity contribution in [1.82, 2.24) is 0 Å². The maximum absolute atomic E-state index is 11.5. The Morgan fingerprint density at radius 1 is 1.44 bits per heavy atom. The molecule has 0 saturated heterocycles. The van der Waals surface area contributed by atoms with Gasteiger partial charge in [-0.3, -0.25) is 4.57 Å². The Hall–Kier alpha value is -1.18. The zero-order valence-corrected chi connectivity index (χ0v) is 9.81. The molecular formula is C11H13O4P. The van der Waals surface area contributed by atoms with Crippen molar-refractivity contribution in [2.75, 3.05) is 12.8 Å². The molecular weight excluding hydrogens is 227 g/mol. The van der Waals surface area contributed by atoms with E-state index in [1.165, 1.54) is 0 Å². The molecule has 0 bridgehead atoms. The van der Waals surface area contributed by atoms with Crippen molar-refractivity contribution >= 4 is 19.1 Å². The molecule has 0 aliphatic heterocycles. The van der Waals surface area contributed by atoms with Crippen LogP contribution in [0.15, 0.2) is 30.3 Å². The molecule has 0 saturated carbocycles. The summed E-state index contributed by atoms with van der Waals surface area (Å²) < 4.78 is 16.2. The molecule has 1 rings (SSSR count). The summed E-state index contributed by atoms with van der Waals surface area (Å²) >= 11 is 0. The summed E-state index contributed by atoms with van der Waals surface area (Å²) in [5.41, 5.74) is 0.742. The van der Waals surface area contributed by atoms with Crippen molar-refractivity contribution in [2.45, 2.75) is 6.92 Å². The molecule has 0 radical (unpaired) electrons. The first kappa shape index (κ1) is 12.9. The number of allylic oxidation sites excluding steroid dienone is 1. The van der Waals surface area contributed by atoms with Crippen LogP contribution in [0.1, 0.15) is 12.5 Å². The first-order valence-electron chi connectivity index (χ1n) is 4.85. The quantitative estimate of drug-likeness (QED) is 0.632. The second-order valence-electron chi connectivity index (χ2n) is 3.16. The van der Waals surface area contributed by atoms with Gasteiger partial charge in [0.2, 0.25) is 0 Å². The Labute approximate surface area is 94.1 Å². The van der Waals surface area contributed by atoms with Crippen LogP contribution in [0.4, 0.5) is 0 Å². The lowest BCUT2D eigenvalue weighted by Gasteiger charge is -2.11. The van der Waals surface area contributed by atoms with Gasteiger partial charge in [0.15, 0.2) is 0 Å². The molecule has 1 atom stereocenters. The van der Waals surface area contributed by atoms with Gasteiger partial charge in [0.1, 0.15) is 5.94 Å². The van der Waals surface area contributed by atoms with Gasteiger partial charge >= 0.3 is 7.60 Å². The zero-order chi connectivity index (χ0) is 12.0. The van der Waals surface area contributed by atoms with Crippen LogP contribution in [-0.4, -0.2) is 23.6 Å². The van der Waals surface area contributed by atoms with Crippen molar-refractivity contribution in [3.05, 3.63) is 35.9 Å². The minimum Gasteiger partial charge on any atom is -0.324 e. The van der Waals surface area contributed by atoms with Gasteiger partial charge in [-0.2, -0.15) is 0 Å². The molecule has 1 aromatic rings. The lowest BCUT2D eigenvalue weighted by molar-refractivity contribution is 0.277. The van der Waals surface area contributed by atoms with Gasteiger partial charge in [-0.1, -0.05) is 30.3 Å². The van der Waals surface area contributed by atoms with Gasteiger partial charge in [-0.25, -0.2) is 4.79 Å². The summed E-state index contributed by atoms with van der Waals surface area (Å²) in [7, 11) is -3.73. The Morgan fingerprint density at radius 2 is 2.06 bits per heavy atom. The lowest BCUT2D eigenvalue weighted by atomic mass is 10.1. The van der Waals surface area contributed by atoms with Gasteiger partial charge in [-0.15, -0.1) is 0 Å². The van der Waals surface area contributed by atoms with E-state index in [0.29, 0.717) is 5.56 Å². The average molecular weight is 240 g/mol. The highest BCUT2D eigenvalue weighted by molar-refractivity contribution is 7.53. The molecule has 16 heavy (non-hydrogen) atoms. The van der Waals surface area contributed by atoms with Crippen molar-refractivity contribution in [3.63, 3.8) is 0 Å². The smallest absolute Gasteiger partial charge is 0.324 e. The Balaban J connectivity index is 2.87. The topological polar surface area (TPSA) is 63.6 Å². The number of rotatable bonds is 5. The molecule has 0 fully saturated rings. The van der Waals surface area contributed by atoms with Crippen LogP contribution in [0.25, 0.3) is 5.57 Å². The Morgan fingerprint density at radius 3 is 2.56 bits per heavy atom. The van der Waals surface area contributed by atoms with Crippen molar-refractivity contribution in [3.8, 4) is 0 Å². The van der Waals surface area contributed by atoms with Gasteiger partial charge in [0.05, 0.1) is 18.3 Å². The lowest BCUT2D eigenvalue weighted by Crippen LogP contribution is -1.98. The minimum atomic E-state index is -3.73. The molecule has 4 nitrogen and oxygen atoms in total. The molecule has 0 spiro atoms. The van der Waals surface area contributed by atoms with Crippen molar-refractivity contribution in [2.24, 2.45) is 0 Å². The van der Waals surface area contributed by atoms with Crippen LogP contribution < -0.4 is 0 Å². The third-order valence-corrected chi connectivity index (χ3v) is 3.31. The first-order valence-corrected chi connectivity index (χ1v) is 6.61. The molecule has 0 heterocycles. The second-order valence-corrected chi connectivity index (χ2v) is 5.01. The Kier molecular flexibility index (Phi) is 4.66. The SMILES string of the molecule is CCOP(=O)(O)CC(=C=O)c1ccccc1. The van der Waals surface area contributed by atoms with Crippen LogP contribution in [-0.2, 0) is 13.9 Å². The van der Waals surface area contributed by atoms with Gasteiger partial charge in [-0.05, 0) is 12.5 Å². The summed E-state index contributed by atoms with van der Waals surface area (Å²) in [4.78, 5) is 20.1. The fraction of sp³-hybridized carbons (Fsp3) is 0.273. The van der Waals surface area contributed by atoms with E-state index in [4.69, 9.17) is 4.52 Å².